The average molecular weight is 359 g/mol. The highest BCUT2D eigenvalue weighted by atomic mass is 35.5. The van der Waals surface area contributed by atoms with Crippen LogP contribution in [0.4, 0.5) is 0 Å². The van der Waals surface area contributed by atoms with Gasteiger partial charge in [-0.25, -0.2) is 0 Å². The highest BCUT2D eigenvalue weighted by molar-refractivity contribution is 6.31. The second-order valence-electron chi connectivity index (χ2n) is 6.57. The maximum atomic E-state index is 13.1. The van der Waals surface area contributed by atoms with Crippen LogP contribution in [-0.4, -0.2) is 65.4 Å². The van der Waals surface area contributed by atoms with E-state index in [-0.39, 0.29) is 17.9 Å². The molecule has 2 aromatic rings. The summed E-state index contributed by atoms with van der Waals surface area (Å²) in [5.41, 5.74) is 2.10. The zero-order chi connectivity index (χ0) is 17.6. The third-order valence-electron chi connectivity index (χ3n) is 4.91. The van der Waals surface area contributed by atoms with Gasteiger partial charge in [-0.05, 0) is 25.1 Å². The first-order chi connectivity index (χ1) is 12.0. The van der Waals surface area contributed by atoms with E-state index in [1.54, 1.807) is 17.0 Å². The first-order valence-electron chi connectivity index (χ1n) is 8.41. The van der Waals surface area contributed by atoms with Crippen LogP contribution >= 0.6 is 11.6 Å². The SMILES string of the molecule is Cc1cc(C(=O)N2CCN3CCNC(=O)C3C2)c2ccc(Cl)cc2n1. The summed E-state index contributed by atoms with van der Waals surface area (Å²) >= 11 is 6.06. The molecule has 2 aliphatic heterocycles. The molecule has 130 valence electrons. The molecule has 7 heteroatoms. The van der Waals surface area contributed by atoms with Gasteiger partial charge in [0.25, 0.3) is 5.91 Å². The summed E-state index contributed by atoms with van der Waals surface area (Å²) in [6.07, 6.45) is 0. The fourth-order valence-electron chi connectivity index (χ4n) is 3.64. The Morgan fingerprint density at radius 3 is 2.96 bits per heavy atom. The molecule has 1 aromatic carbocycles. The topological polar surface area (TPSA) is 65.5 Å². The second-order valence-corrected chi connectivity index (χ2v) is 7.00. The molecule has 6 nitrogen and oxygen atoms in total. The summed E-state index contributed by atoms with van der Waals surface area (Å²) in [7, 11) is 0. The molecule has 0 radical (unpaired) electrons. The van der Waals surface area contributed by atoms with Gasteiger partial charge >= 0.3 is 0 Å². The number of halogens is 1. The monoisotopic (exact) mass is 358 g/mol. The second kappa shape index (κ2) is 6.28. The minimum absolute atomic E-state index is 0.00583. The Balaban J connectivity index is 1.67. The van der Waals surface area contributed by atoms with Crippen molar-refractivity contribution in [2.75, 3.05) is 32.7 Å². The lowest BCUT2D eigenvalue weighted by Gasteiger charge is -2.43. The first-order valence-corrected chi connectivity index (χ1v) is 8.78. The van der Waals surface area contributed by atoms with E-state index in [0.29, 0.717) is 35.7 Å². The summed E-state index contributed by atoms with van der Waals surface area (Å²) in [6, 6.07) is 6.93. The van der Waals surface area contributed by atoms with Gasteiger partial charge in [0.05, 0.1) is 11.1 Å². The number of carbonyl (C=O) groups is 2. The van der Waals surface area contributed by atoms with E-state index in [9.17, 15) is 9.59 Å². The molecule has 3 heterocycles. The van der Waals surface area contributed by atoms with E-state index in [1.165, 1.54) is 0 Å². The van der Waals surface area contributed by atoms with Gasteiger partial charge < -0.3 is 10.2 Å². The summed E-state index contributed by atoms with van der Waals surface area (Å²) in [5.74, 6) is -0.0536. The molecule has 0 saturated carbocycles. The average Bonchev–Trinajstić information content (AvgIpc) is 2.60. The number of aryl methyl sites for hydroxylation is 1. The molecule has 1 unspecified atom stereocenters. The number of nitrogens with zero attached hydrogens (tertiary/aromatic N) is 3. The Kier molecular flexibility index (Phi) is 4.09. The van der Waals surface area contributed by atoms with E-state index < -0.39 is 0 Å². The van der Waals surface area contributed by atoms with Crippen molar-refractivity contribution < 1.29 is 9.59 Å². The normalized spacial score (nSPS) is 21.1. The van der Waals surface area contributed by atoms with E-state index >= 15 is 0 Å². The fraction of sp³-hybridized carbons (Fsp3) is 0.389. The van der Waals surface area contributed by atoms with Crippen LogP contribution < -0.4 is 5.32 Å². The predicted molar refractivity (Wildman–Crippen MR) is 95.8 cm³/mol. The van der Waals surface area contributed by atoms with Gasteiger partial charge in [-0.2, -0.15) is 0 Å². The van der Waals surface area contributed by atoms with Gasteiger partial charge in [-0.1, -0.05) is 17.7 Å². The van der Waals surface area contributed by atoms with Gasteiger partial charge in [-0.3, -0.25) is 19.5 Å². The lowest BCUT2D eigenvalue weighted by molar-refractivity contribution is -0.131. The Morgan fingerprint density at radius 2 is 2.12 bits per heavy atom. The number of benzene rings is 1. The van der Waals surface area contributed by atoms with Crippen molar-refractivity contribution in [2.45, 2.75) is 13.0 Å². The van der Waals surface area contributed by atoms with Gasteiger partial charge in [0.15, 0.2) is 0 Å². The van der Waals surface area contributed by atoms with Crippen LogP contribution in [0.25, 0.3) is 10.9 Å². The standard InChI is InChI=1S/C18H19ClN4O2/c1-11-8-14(13-3-2-12(19)9-15(13)21-11)18(25)23-7-6-22-5-4-20-17(24)16(22)10-23/h2-3,8-9,16H,4-7,10H2,1H3,(H,20,24). The number of nitrogens with one attached hydrogen (secondary N) is 1. The van der Waals surface area contributed by atoms with Crippen LogP contribution in [0.2, 0.25) is 5.02 Å². The fourth-order valence-corrected chi connectivity index (χ4v) is 3.81. The first kappa shape index (κ1) is 16.3. The zero-order valence-corrected chi connectivity index (χ0v) is 14.7. The van der Waals surface area contributed by atoms with Crippen LogP contribution in [-0.2, 0) is 4.79 Å². The molecule has 2 saturated heterocycles. The largest absolute Gasteiger partial charge is 0.353 e. The Hall–Kier alpha value is -2.18. The molecule has 2 aliphatic rings. The van der Waals surface area contributed by atoms with Crippen LogP contribution in [0.5, 0.6) is 0 Å². The van der Waals surface area contributed by atoms with E-state index in [2.05, 4.69) is 15.2 Å². The van der Waals surface area contributed by atoms with Gasteiger partial charge in [-0.15, -0.1) is 0 Å². The Labute approximate surface area is 150 Å². The molecular formula is C18H19ClN4O2. The summed E-state index contributed by atoms with van der Waals surface area (Å²) in [5, 5.41) is 4.26. The summed E-state index contributed by atoms with van der Waals surface area (Å²) in [6.45, 7) is 5.15. The zero-order valence-electron chi connectivity index (χ0n) is 14.0. The minimum Gasteiger partial charge on any atom is -0.353 e. The molecule has 2 fully saturated rings. The van der Waals surface area contributed by atoms with E-state index in [1.807, 2.05) is 19.1 Å². The van der Waals surface area contributed by atoms with Crippen molar-refractivity contribution >= 4 is 34.3 Å². The van der Waals surface area contributed by atoms with Crippen LogP contribution in [0.15, 0.2) is 24.3 Å². The van der Waals surface area contributed by atoms with Crippen molar-refractivity contribution in [2.24, 2.45) is 0 Å². The van der Waals surface area contributed by atoms with E-state index in [4.69, 9.17) is 11.6 Å². The highest BCUT2D eigenvalue weighted by Gasteiger charge is 2.36. The van der Waals surface area contributed by atoms with Crippen LogP contribution in [0, 0.1) is 6.92 Å². The summed E-state index contributed by atoms with van der Waals surface area (Å²) < 4.78 is 0. The molecule has 25 heavy (non-hydrogen) atoms. The number of rotatable bonds is 1. The number of pyridine rings is 1. The maximum Gasteiger partial charge on any atom is 0.254 e. The molecule has 0 bridgehead atoms. The minimum atomic E-state index is -0.255. The predicted octanol–water partition coefficient (Wildman–Crippen LogP) is 1.45. The molecule has 1 N–H and O–H groups in total. The molecule has 1 aromatic heterocycles. The third kappa shape index (κ3) is 2.96. The van der Waals surface area contributed by atoms with Gasteiger partial charge in [0, 0.05) is 48.8 Å². The van der Waals surface area contributed by atoms with Crippen LogP contribution in [0.1, 0.15) is 16.1 Å². The summed E-state index contributed by atoms with van der Waals surface area (Å²) in [4.78, 5) is 33.7. The molecule has 1 atom stereocenters. The lowest BCUT2D eigenvalue weighted by atomic mass is 10.0. The van der Waals surface area contributed by atoms with E-state index in [0.717, 1.165) is 24.2 Å². The van der Waals surface area contributed by atoms with Gasteiger partial charge in [0.1, 0.15) is 6.04 Å². The van der Waals surface area contributed by atoms with Gasteiger partial charge in [0.2, 0.25) is 5.91 Å². The number of fused-ring (bicyclic) bond motifs is 2. The number of hydrogen-bond donors (Lipinski definition) is 1. The smallest absolute Gasteiger partial charge is 0.254 e. The molecule has 4 rings (SSSR count). The number of amides is 2. The molecule has 2 amide bonds. The molecule has 0 spiro atoms. The van der Waals surface area contributed by atoms with Crippen molar-refractivity contribution in [1.29, 1.82) is 0 Å². The number of aromatic nitrogens is 1. The maximum absolute atomic E-state index is 13.1. The molecule has 0 aliphatic carbocycles. The highest BCUT2D eigenvalue weighted by Crippen LogP contribution is 2.24. The Bertz CT molecular complexity index is 864. The van der Waals surface area contributed by atoms with Crippen molar-refractivity contribution in [1.82, 2.24) is 20.1 Å². The van der Waals surface area contributed by atoms with Crippen LogP contribution in [0.3, 0.4) is 0 Å². The van der Waals surface area contributed by atoms with Crippen molar-refractivity contribution in [3.63, 3.8) is 0 Å². The quantitative estimate of drug-likeness (QED) is 0.838. The third-order valence-corrected chi connectivity index (χ3v) is 5.14. The number of piperazine rings is 2. The van der Waals surface area contributed by atoms with Crippen molar-refractivity contribution in [3.8, 4) is 0 Å². The number of carbonyl (C=O) groups excluding carboxylic acids is 2. The van der Waals surface area contributed by atoms with Crippen molar-refractivity contribution in [3.05, 3.63) is 40.5 Å². The molecular weight excluding hydrogens is 340 g/mol. The number of hydrogen-bond acceptors (Lipinski definition) is 4. The Morgan fingerprint density at radius 1 is 1.28 bits per heavy atom. The lowest BCUT2D eigenvalue weighted by Crippen LogP contribution is -2.64.